The summed E-state index contributed by atoms with van der Waals surface area (Å²) in [6, 6.07) is 9.82. The highest BCUT2D eigenvalue weighted by Gasteiger charge is 2.70. The summed E-state index contributed by atoms with van der Waals surface area (Å²) in [5, 5.41) is 4.89. The zero-order valence-electron chi connectivity index (χ0n) is 14.1. The van der Waals surface area contributed by atoms with E-state index in [0.29, 0.717) is 0 Å². The molecule has 1 nitrogen and oxygen atoms in total. The molecular weight excluding hydrogens is 445 g/mol. The van der Waals surface area contributed by atoms with Gasteiger partial charge in [0.1, 0.15) is 11.6 Å². The van der Waals surface area contributed by atoms with Crippen molar-refractivity contribution in [3.63, 3.8) is 0 Å². The molecule has 1 unspecified atom stereocenters. The van der Waals surface area contributed by atoms with E-state index >= 15 is 0 Å². The van der Waals surface area contributed by atoms with Gasteiger partial charge in [0.2, 0.25) is 0 Å². The topological polar surface area (TPSA) is 20.2 Å². The van der Waals surface area contributed by atoms with Gasteiger partial charge in [-0.2, -0.15) is 22.0 Å². The van der Waals surface area contributed by atoms with Gasteiger partial charge in [-0.15, -0.1) is 11.3 Å². The predicted molar refractivity (Wildman–Crippen MR) is 95.9 cm³/mol. The second-order valence-electron chi connectivity index (χ2n) is 6.07. The Morgan fingerprint density at radius 1 is 0.759 bits per heavy atom. The van der Waals surface area contributed by atoms with Crippen LogP contribution in [-0.4, -0.2) is 16.7 Å². The molecule has 10 heteroatoms. The summed E-state index contributed by atoms with van der Waals surface area (Å²) in [4.78, 5) is -1.13. The van der Waals surface area contributed by atoms with Gasteiger partial charge in [-0.1, -0.05) is 24.3 Å². The van der Waals surface area contributed by atoms with E-state index in [1.54, 1.807) is 0 Å². The third kappa shape index (κ3) is 3.86. The van der Waals surface area contributed by atoms with Crippen molar-refractivity contribution >= 4 is 22.9 Å². The molecule has 0 amide bonds. The molecule has 1 heterocycles. The van der Waals surface area contributed by atoms with Crippen LogP contribution in [0.15, 0.2) is 54.6 Å². The number of rotatable bonds is 4. The molecule has 0 saturated carbocycles. The highest BCUT2D eigenvalue weighted by Crippen LogP contribution is 2.55. The molecule has 0 radical (unpaired) electrons. The molecule has 0 bridgehead atoms. The molecule has 3 rings (SSSR count). The fourth-order valence-corrected chi connectivity index (χ4v) is 4.26. The van der Waals surface area contributed by atoms with Gasteiger partial charge in [0.15, 0.2) is 0 Å². The normalized spacial score (nSPS) is 14.7. The second kappa shape index (κ2) is 7.30. The summed E-state index contributed by atoms with van der Waals surface area (Å²) in [5.74, 6) is -1.24. The van der Waals surface area contributed by atoms with Crippen LogP contribution in [0.5, 0.6) is 0 Å². The Balaban J connectivity index is 2.29. The summed E-state index contributed by atoms with van der Waals surface area (Å²) in [5.41, 5.74) is -4.24. The standard InChI is InChI=1S/C19H10ClF7OS/c20-18(23,24)17(28,19(25,26)27)15-9-14(10-1-5-12(21)6-2-10)16(29-15)11-3-7-13(22)8-4-11/h1-9,28H. The molecule has 0 aliphatic carbocycles. The van der Waals surface area contributed by atoms with Gasteiger partial charge in [0, 0.05) is 10.4 Å². The smallest absolute Gasteiger partial charge is 0.370 e. The van der Waals surface area contributed by atoms with Gasteiger partial charge in [0.25, 0.3) is 5.60 Å². The monoisotopic (exact) mass is 454 g/mol. The minimum Gasteiger partial charge on any atom is -0.370 e. The van der Waals surface area contributed by atoms with Gasteiger partial charge >= 0.3 is 11.6 Å². The number of benzene rings is 2. The Morgan fingerprint density at radius 3 is 1.62 bits per heavy atom. The van der Waals surface area contributed by atoms with E-state index in [-0.39, 0.29) is 32.9 Å². The van der Waals surface area contributed by atoms with Crippen LogP contribution in [0.25, 0.3) is 21.6 Å². The Hall–Kier alpha value is -2.10. The molecular formula is C19H10ClF7OS. The first kappa shape index (κ1) is 21.6. The second-order valence-corrected chi connectivity index (χ2v) is 7.60. The minimum absolute atomic E-state index is 0.0141. The van der Waals surface area contributed by atoms with Crippen molar-refractivity contribution in [1.29, 1.82) is 0 Å². The highest BCUT2D eigenvalue weighted by molar-refractivity contribution is 7.16. The average molecular weight is 455 g/mol. The lowest BCUT2D eigenvalue weighted by Gasteiger charge is -2.32. The minimum atomic E-state index is -5.80. The maximum absolute atomic E-state index is 13.7. The van der Waals surface area contributed by atoms with Gasteiger partial charge in [-0.05, 0) is 53.1 Å². The number of thiophene rings is 1. The lowest BCUT2D eigenvalue weighted by molar-refractivity contribution is -0.316. The van der Waals surface area contributed by atoms with Gasteiger partial charge in [-0.25, -0.2) is 8.78 Å². The van der Waals surface area contributed by atoms with Crippen molar-refractivity contribution in [2.24, 2.45) is 0 Å². The first-order valence-electron chi connectivity index (χ1n) is 7.86. The molecule has 3 aromatic rings. The predicted octanol–water partition coefficient (Wildman–Crippen LogP) is 6.94. The van der Waals surface area contributed by atoms with Crippen LogP contribution in [0.1, 0.15) is 4.88 Å². The number of hydrogen-bond donors (Lipinski definition) is 1. The Bertz CT molecular complexity index is 928. The summed E-state index contributed by atoms with van der Waals surface area (Å²) in [6.07, 6.45) is -5.80. The van der Waals surface area contributed by atoms with Crippen LogP contribution < -0.4 is 0 Å². The van der Waals surface area contributed by atoms with E-state index in [2.05, 4.69) is 11.6 Å². The van der Waals surface area contributed by atoms with Gasteiger partial charge in [-0.3, -0.25) is 0 Å². The molecule has 2 aromatic carbocycles. The van der Waals surface area contributed by atoms with Crippen molar-refractivity contribution in [2.75, 3.05) is 0 Å². The Morgan fingerprint density at radius 2 is 1.21 bits per heavy atom. The number of aliphatic hydroxyl groups is 1. The van der Waals surface area contributed by atoms with Crippen LogP contribution >= 0.6 is 22.9 Å². The van der Waals surface area contributed by atoms with Crippen molar-refractivity contribution in [3.8, 4) is 21.6 Å². The molecule has 154 valence electrons. The fraction of sp³-hybridized carbons (Fsp3) is 0.158. The third-order valence-corrected chi connectivity index (χ3v) is 5.74. The lowest BCUT2D eigenvalue weighted by atomic mass is 9.97. The van der Waals surface area contributed by atoms with Crippen LogP contribution in [-0.2, 0) is 5.60 Å². The molecule has 1 N–H and O–H groups in total. The zero-order chi connectivity index (χ0) is 21.6. The Kier molecular flexibility index (Phi) is 5.44. The van der Waals surface area contributed by atoms with Crippen LogP contribution in [0, 0.1) is 11.6 Å². The van der Waals surface area contributed by atoms with E-state index in [9.17, 15) is 35.8 Å². The van der Waals surface area contributed by atoms with Crippen molar-refractivity contribution in [1.82, 2.24) is 0 Å². The van der Waals surface area contributed by atoms with Gasteiger partial charge in [0.05, 0.1) is 4.88 Å². The van der Waals surface area contributed by atoms with E-state index in [1.165, 1.54) is 24.3 Å². The summed E-state index contributed by atoms with van der Waals surface area (Å²) in [6.45, 7) is 0. The zero-order valence-corrected chi connectivity index (χ0v) is 15.6. The molecule has 0 aliphatic rings. The van der Waals surface area contributed by atoms with Gasteiger partial charge < -0.3 is 5.11 Å². The Labute approximate surface area is 169 Å². The first-order valence-corrected chi connectivity index (χ1v) is 9.06. The van der Waals surface area contributed by atoms with Crippen LogP contribution in [0.4, 0.5) is 30.7 Å². The molecule has 1 aromatic heterocycles. The number of alkyl halides is 6. The molecule has 29 heavy (non-hydrogen) atoms. The maximum Gasteiger partial charge on any atom is 0.429 e. The third-order valence-electron chi connectivity index (χ3n) is 4.17. The van der Waals surface area contributed by atoms with E-state index < -0.39 is 33.7 Å². The van der Waals surface area contributed by atoms with E-state index in [4.69, 9.17) is 0 Å². The molecule has 0 aliphatic heterocycles. The highest BCUT2D eigenvalue weighted by atomic mass is 35.5. The first-order chi connectivity index (χ1) is 13.3. The van der Waals surface area contributed by atoms with E-state index in [0.717, 1.165) is 30.3 Å². The SMILES string of the molecule is OC(c1cc(-c2ccc(F)cc2)c(-c2ccc(F)cc2)s1)(C(F)(F)F)C(F)(F)Cl. The summed E-state index contributed by atoms with van der Waals surface area (Å²) < 4.78 is 94.2. The quantitative estimate of drug-likeness (QED) is 0.334. The summed E-state index contributed by atoms with van der Waals surface area (Å²) >= 11 is 4.89. The summed E-state index contributed by atoms with van der Waals surface area (Å²) in [7, 11) is 0. The number of hydrogen-bond acceptors (Lipinski definition) is 2. The van der Waals surface area contributed by atoms with Crippen LogP contribution in [0.2, 0.25) is 0 Å². The number of halogens is 8. The fourth-order valence-electron chi connectivity index (χ4n) is 2.67. The molecule has 0 saturated heterocycles. The molecule has 0 fully saturated rings. The van der Waals surface area contributed by atoms with Crippen molar-refractivity contribution in [2.45, 2.75) is 17.2 Å². The lowest BCUT2D eigenvalue weighted by Crippen LogP contribution is -2.52. The molecule has 1 atom stereocenters. The van der Waals surface area contributed by atoms with E-state index in [1.807, 2.05) is 0 Å². The van der Waals surface area contributed by atoms with Crippen molar-refractivity contribution in [3.05, 3.63) is 71.1 Å². The van der Waals surface area contributed by atoms with Crippen LogP contribution in [0.3, 0.4) is 0 Å². The molecule has 0 spiro atoms. The largest absolute Gasteiger partial charge is 0.429 e. The maximum atomic E-state index is 13.7. The average Bonchev–Trinajstić information content (AvgIpc) is 3.06. The van der Waals surface area contributed by atoms with Crippen molar-refractivity contribution < 1.29 is 35.8 Å².